The molecule has 1 aromatic heterocycles. The maximum Gasteiger partial charge on any atom is 0.191 e. The van der Waals surface area contributed by atoms with E-state index in [9.17, 15) is 5.11 Å². The van der Waals surface area contributed by atoms with Crippen LogP contribution in [0.3, 0.4) is 0 Å². The molecular formula is C22H33IN4O. The van der Waals surface area contributed by atoms with Crippen LogP contribution in [0.2, 0.25) is 0 Å². The van der Waals surface area contributed by atoms with Crippen LogP contribution in [0, 0.1) is 0 Å². The summed E-state index contributed by atoms with van der Waals surface area (Å²) in [6, 6.07) is 14.3. The van der Waals surface area contributed by atoms with Crippen molar-refractivity contribution in [3.8, 4) is 0 Å². The Balaban J connectivity index is 0.00000392. The van der Waals surface area contributed by atoms with Crippen molar-refractivity contribution in [2.75, 3.05) is 19.6 Å². The number of rotatable bonds is 9. The van der Waals surface area contributed by atoms with Gasteiger partial charge in [-0.15, -0.1) is 24.0 Å². The van der Waals surface area contributed by atoms with Crippen LogP contribution in [0.15, 0.2) is 59.9 Å². The molecule has 1 aromatic carbocycles. The van der Waals surface area contributed by atoms with E-state index >= 15 is 0 Å². The number of guanidine groups is 1. The summed E-state index contributed by atoms with van der Waals surface area (Å²) in [4.78, 5) is 8.83. The molecule has 1 unspecified atom stereocenters. The fourth-order valence-electron chi connectivity index (χ4n) is 3.23. The van der Waals surface area contributed by atoms with Gasteiger partial charge in [0.25, 0.3) is 0 Å². The van der Waals surface area contributed by atoms with Gasteiger partial charge in [0.1, 0.15) is 0 Å². The van der Waals surface area contributed by atoms with Gasteiger partial charge in [0, 0.05) is 30.9 Å². The van der Waals surface area contributed by atoms with Crippen molar-refractivity contribution < 1.29 is 5.11 Å². The number of pyridine rings is 1. The molecule has 0 radical (unpaired) electrons. The molecule has 1 atom stereocenters. The molecule has 1 heterocycles. The molecule has 0 fully saturated rings. The van der Waals surface area contributed by atoms with Gasteiger partial charge >= 0.3 is 0 Å². The van der Waals surface area contributed by atoms with Crippen LogP contribution in [0.25, 0.3) is 0 Å². The van der Waals surface area contributed by atoms with Crippen molar-refractivity contribution in [3.05, 3.63) is 66.0 Å². The quantitative estimate of drug-likeness (QED) is 0.279. The molecular weight excluding hydrogens is 463 g/mol. The first-order valence-electron chi connectivity index (χ1n) is 9.81. The maximum absolute atomic E-state index is 10.4. The Morgan fingerprint density at radius 2 is 1.68 bits per heavy atom. The summed E-state index contributed by atoms with van der Waals surface area (Å²) in [5.41, 5.74) is 2.19. The minimum Gasteiger partial charge on any atom is -0.387 e. The largest absolute Gasteiger partial charge is 0.387 e. The van der Waals surface area contributed by atoms with Crippen molar-refractivity contribution in [1.82, 2.24) is 15.6 Å². The average Bonchev–Trinajstić information content (AvgIpc) is 2.74. The van der Waals surface area contributed by atoms with Crippen LogP contribution in [0.1, 0.15) is 50.8 Å². The third-order valence-electron chi connectivity index (χ3n) is 5.18. The zero-order valence-electron chi connectivity index (χ0n) is 17.1. The van der Waals surface area contributed by atoms with Gasteiger partial charge in [-0.1, -0.05) is 44.2 Å². The fraction of sp³-hybridized carbons (Fsp3) is 0.455. The second-order valence-electron chi connectivity index (χ2n) is 6.73. The lowest BCUT2D eigenvalue weighted by Gasteiger charge is -2.31. The van der Waals surface area contributed by atoms with E-state index < -0.39 is 6.10 Å². The Labute approximate surface area is 186 Å². The molecule has 154 valence electrons. The summed E-state index contributed by atoms with van der Waals surface area (Å²) in [6.07, 6.45) is 4.82. The van der Waals surface area contributed by atoms with Crippen molar-refractivity contribution in [3.63, 3.8) is 0 Å². The molecule has 6 heteroatoms. The number of aromatic nitrogens is 1. The topological polar surface area (TPSA) is 69.5 Å². The number of halogens is 1. The lowest BCUT2D eigenvalue weighted by atomic mass is 9.76. The highest BCUT2D eigenvalue weighted by atomic mass is 127. The minimum atomic E-state index is -0.604. The van der Waals surface area contributed by atoms with Gasteiger partial charge in [-0.2, -0.15) is 0 Å². The predicted octanol–water partition coefficient (Wildman–Crippen LogP) is 4.05. The van der Waals surface area contributed by atoms with E-state index in [1.165, 1.54) is 5.56 Å². The van der Waals surface area contributed by atoms with Crippen LogP contribution in [-0.4, -0.2) is 35.7 Å². The molecule has 3 N–H and O–H groups in total. The molecule has 0 amide bonds. The number of nitrogens with one attached hydrogen (secondary N) is 2. The highest BCUT2D eigenvalue weighted by Gasteiger charge is 2.28. The SMILES string of the molecule is CCNC(=NCC(CC)(CC)c1ccccc1)NCC(O)c1ccncc1.I. The highest BCUT2D eigenvalue weighted by molar-refractivity contribution is 14.0. The van der Waals surface area contributed by atoms with Gasteiger partial charge in [-0.3, -0.25) is 9.98 Å². The molecule has 0 aliphatic heterocycles. The van der Waals surface area contributed by atoms with Crippen LogP contribution in [-0.2, 0) is 5.41 Å². The first-order valence-corrected chi connectivity index (χ1v) is 9.81. The van der Waals surface area contributed by atoms with E-state index in [4.69, 9.17) is 4.99 Å². The zero-order valence-corrected chi connectivity index (χ0v) is 19.4. The predicted molar refractivity (Wildman–Crippen MR) is 127 cm³/mol. The molecule has 0 bridgehead atoms. The number of hydrogen-bond acceptors (Lipinski definition) is 3. The van der Waals surface area contributed by atoms with E-state index in [-0.39, 0.29) is 29.4 Å². The van der Waals surface area contributed by atoms with Gasteiger partial charge in [0.2, 0.25) is 0 Å². The Bertz CT molecular complexity index is 690. The van der Waals surface area contributed by atoms with Crippen LogP contribution in [0.4, 0.5) is 0 Å². The van der Waals surface area contributed by atoms with Gasteiger partial charge in [-0.05, 0) is 43.0 Å². The van der Waals surface area contributed by atoms with Crippen molar-refractivity contribution in [2.24, 2.45) is 4.99 Å². The molecule has 0 saturated heterocycles. The lowest BCUT2D eigenvalue weighted by Crippen LogP contribution is -2.41. The number of nitrogens with zero attached hydrogens (tertiary/aromatic N) is 2. The standard InChI is InChI=1S/C22H32N4O.HI/c1-4-22(5-2,19-10-8-7-9-11-19)17-26-21(24-6-3)25-16-20(27)18-12-14-23-15-13-18;/h7-15,20,27H,4-6,16-17H2,1-3H3,(H2,24,25,26);1H. The summed E-state index contributed by atoms with van der Waals surface area (Å²) in [6.45, 7) is 8.35. The van der Waals surface area contributed by atoms with Crippen LogP contribution in [0.5, 0.6) is 0 Å². The van der Waals surface area contributed by atoms with Gasteiger partial charge < -0.3 is 15.7 Å². The summed E-state index contributed by atoms with van der Waals surface area (Å²) < 4.78 is 0. The first-order chi connectivity index (χ1) is 13.1. The number of benzene rings is 1. The molecule has 0 aliphatic carbocycles. The van der Waals surface area contributed by atoms with Crippen LogP contribution < -0.4 is 10.6 Å². The molecule has 2 aromatic rings. The summed E-state index contributed by atoms with van der Waals surface area (Å²) in [5.74, 6) is 0.729. The lowest BCUT2D eigenvalue weighted by molar-refractivity contribution is 0.180. The molecule has 0 spiro atoms. The molecule has 2 rings (SSSR count). The third kappa shape index (κ3) is 6.74. The van der Waals surface area contributed by atoms with E-state index in [1.54, 1.807) is 12.4 Å². The van der Waals surface area contributed by atoms with Crippen LogP contribution >= 0.6 is 24.0 Å². The summed E-state index contributed by atoms with van der Waals surface area (Å²) >= 11 is 0. The normalized spacial score (nSPS) is 12.8. The van der Waals surface area contributed by atoms with Crippen molar-refractivity contribution in [2.45, 2.75) is 45.1 Å². The fourth-order valence-corrected chi connectivity index (χ4v) is 3.23. The first kappa shape index (κ1) is 24.4. The molecule has 28 heavy (non-hydrogen) atoms. The average molecular weight is 496 g/mol. The maximum atomic E-state index is 10.4. The second-order valence-corrected chi connectivity index (χ2v) is 6.73. The van der Waals surface area contributed by atoms with Gasteiger partial charge in [0.05, 0.1) is 12.6 Å². The number of aliphatic hydroxyl groups excluding tert-OH is 1. The second kappa shape index (κ2) is 12.7. The van der Waals surface area contributed by atoms with E-state index in [0.717, 1.165) is 30.9 Å². The number of hydrogen-bond donors (Lipinski definition) is 3. The smallest absolute Gasteiger partial charge is 0.191 e. The van der Waals surface area contributed by atoms with E-state index in [0.29, 0.717) is 13.1 Å². The summed E-state index contributed by atoms with van der Waals surface area (Å²) in [7, 11) is 0. The van der Waals surface area contributed by atoms with Crippen molar-refractivity contribution in [1.29, 1.82) is 0 Å². The Morgan fingerprint density at radius 1 is 1.04 bits per heavy atom. The number of aliphatic hydroxyl groups is 1. The number of aliphatic imine (C=N–C) groups is 1. The van der Waals surface area contributed by atoms with Crippen molar-refractivity contribution >= 4 is 29.9 Å². The van der Waals surface area contributed by atoms with Gasteiger partial charge in [0.15, 0.2) is 5.96 Å². The zero-order chi connectivity index (χ0) is 19.5. The minimum absolute atomic E-state index is 0. The Morgan fingerprint density at radius 3 is 2.25 bits per heavy atom. The third-order valence-corrected chi connectivity index (χ3v) is 5.18. The van der Waals surface area contributed by atoms with Gasteiger partial charge in [-0.25, -0.2) is 0 Å². The molecule has 5 nitrogen and oxygen atoms in total. The monoisotopic (exact) mass is 496 g/mol. The van der Waals surface area contributed by atoms with E-state index in [2.05, 4.69) is 59.8 Å². The summed E-state index contributed by atoms with van der Waals surface area (Å²) in [5, 5.41) is 16.9. The Kier molecular flexibility index (Phi) is 11.1. The molecule has 0 saturated carbocycles. The molecule has 0 aliphatic rings. The van der Waals surface area contributed by atoms with E-state index in [1.807, 2.05) is 19.1 Å². The Hall–Kier alpha value is -1.67. The highest BCUT2D eigenvalue weighted by Crippen LogP contribution is 2.31.